The van der Waals surface area contributed by atoms with Gasteiger partial charge in [0.05, 0.1) is 17.9 Å². The van der Waals surface area contributed by atoms with Crippen LogP contribution in [0.4, 0.5) is 0 Å². The smallest absolute Gasteiger partial charge is 0.265 e. The number of carbonyl (C=O) groups is 1. The Morgan fingerprint density at radius 3 is 3.03 bits per heavy atom. The van der Waals surface area contributed by atoms with Crippen LogP contribution in [0.2, 0.25) is 5.02 Å². The van der Waals surface area contributed by atoms with Crippen LogP contribution in [0.5, 0.6) is 0 Å². The zero-order chi connectivity index (χ0) is 20.8. The van der Waals surface area contributed by atoms with Crippen LogP contribution < -0.4 is 5.56 Å². The van der Waals surface area contributed by atoms with Crippen LogP contribution in [0.1, 0.15) is 32.2 Å². The van der Waals surface area contributed by atoms with E-state index in [0.29, 0.717) is 39.3 Å². The molecule has 156 valence electrons. The van der Waals surface area contributed by atoms with Gasteiger partial charge in [0.2, 0.25) is 5.91 Å². The van der Waals surface area contributed by atoms with Gasteiger partial charge in [-0.3, -0.25) is 14.2 Å². The van der Waals surface area contributed by atoms with Gasteiger partial charge in [-0.25, -0.2) is 9.67 Å². The number of rotatable bonds is 3. The summed E-state index contributed by atoms with van der Waals surface area (Å²) >= 11 is 7.63. The van der Waals surface area contributed by atoms with E-state index in [1.807, 2.05) is 17.0 Å². The molecule has 0 aliphatic carbocycles. The first-order valence-electron chi connectivity index (χ1n) is 10.2. The maximum absolute atomic E-state index is 13.3. The molecular weight excluding hydrogens is 422 g/mol. The number of amides is 1. The Morgan fingerprint density at radius 1 is 1.37 bits per heavy atom. The molecule has 0 bridgehead atoms. The average Bonchev–Trinajstić information content (AvgIpc) is 3.33. The van der Waals surface area contributed by atoms with E-state index >= 15 is 0 Å². The summed E-state index contributed by atoms with van der Waals surface area (Å²) in [5, 5.41) is 6.05. The van der Waals surface area contributed by atoms with Gasteiger partial charge < -0.3 is 4.90 Å². The third kappa shape index (κ3) is 3.41. The van der Waals surface area contributed by atoms with Crippen LogP contribution in [-0.2, 0) is 4.79 Å². The van der Waals surface area contributed by atoms with E-state index in [9.17, 15) is 9.59 Å². The van der Waals surface area contributed by atoms with Crippen molar-refractivity contribution in [3.05, 3.63) is 45.8 Å². The summed E-state index contributed by atoms with van der Waals surface area (Å²) in [5.41, 5.74) is 1.12. The lowest BCUT2D eigenvalue weighted by Crippen LogP contribution is -2.40. The van der Waals surface area contributed by atoms with Crippen molar-refractivity contribution < 1.29 is 4.79 Å². The van der Waals surface area contributed by atoms with Gasteiger partial charge in [0.25, 0.3) is 5.56 Å². The summed E-state index contributed by atoms with van der Waals surface area (Å²) in [6, 6.07) is 7.11. The number of nitrogens with zero attached hydrogens (tertiary/aromatic N) is 5. The second-order valence-corrected chi connectivity index (χ2v) is 9.52. The molecule has 1 saturated heterocycles. The number of halogens is 1. The van der Waals surface area contributed by atoms with E-state index in [1.54, 1.807) is 27.6 Å². The van der Waals surface area contributed by atoms with Gasteiger partial charge in [0.1, 0.15) is 5.39 Å². The molecule has 4 heterocycles. The minimum atomic E-state index is -0.173. The fourth-order valence-electron chi connectivity index (χ4n) is 4.32. The lowest BCUT2D eigenvalue weighted by atomic mass is 10.00. The van der Waals surface area contributed by atoms with E-state index in [1.165, 1.54) is 18.2 Å². The summed E-state index contributed by atoms with van der Waals surface area (Å²) in [6.45, 7) is 3.81. The van der Waals surface area contributed by atoms with Gasteiger partial charge in [-0.05, 0) is 37.0 Å². The number of thioether (sulfide) groups is 1. The Bertz CT molecular complexity index is 1190. The van der Waals surface area contributed by atoms with Crippen molar-refractivity contribution in [1.29, 1.82) is 0 Å². The van der Waals surface area contributed by atoms with Crippen molar-refractivity contribution in [2.24, 2.45) is 5.92 Å². The molecule has 2 atom stereocenters. The quantitative estimate of drug-likeness (QED) is 0.579. The van der Waals surface area contributed by atoms with Crippen molar-refractivity contribution in [3.63, 3.8) is 0 Å². The van der Waals surface area contributed by atoms with Gasteiger partial charge >= 0.3 is 0 Å². The largest absolute Gasteiger partial charge is 0.342 e. The third-order valence-electron chi connectivity index (χ3n) is 5.84. The van der Waals surface area contributed by atoms with Gasteiger partial charge in [-0.15, -0.1) is 0 Å². The highest BCUT2D eigenvalue weighted by Crippen LogP contribution is 2.34. The molecule has 7 nitrogen and oxygen atoms in total. The standard InChI is InChI=1S/C21H22ClN5O2S/c1-13-4-3-7-25(11-13)18(28)9-16-12-30-21-24-19-17(20(29)26(16)21)10-23-27(19)15-6-2-5-14(22)8-15/h2,5-6,8,10,13,16H,3-4,7,9,11-12H2,1H3. The zero-order valence-electron chi connectivity index (χ0n) is 16.6. The molecule has 2 unspecified atom stereocenters. The van der Waals surface area contributed by atoms with Crippen LogP contribution in [0.25, 0.3) is 16.7 Å². The Labute approximate surface area is 183 Å². The molecule has 0 radical (unpaired) electrons. The lowest BCUT2D eigenvalue weighted by molar-refractivity contribution is -0.133. The third-order valence-corrected chi connectivity index (χ3v) is 7.18. The molecule has 1 amide bonds. The van der Waals surface area contributed by atoms with E-state index in [0.717, 1.165) is 25.2 Å². The number of hydrogen-bond acceptors (Lipinski definition) is 5. The monoisotopic (exact) mass is 443 g/mol. The maximum atomic E-state index is 13.3. The van der Waals surface area contributed by atoms with Crippen molar-refractivity contribution in [1.82, 2.24) is 24.2 Å². The molecule has 0 N–H and O–H groups in total. The number of carbonyl (C=O) groups excluding carboxylic acids is 1. The average molecular weight is 444 g/mol. The van der Waals surface area contributed by atoms with E-state index in [-0.39, 0.29) is 17.5 Å². The fraction of sp³-hybridized carbons (Fsp3) is 0.429. The van der Waals surface area contributed by atoms with Crippen LogP contribution in [0, 0.1) is 5.92 Å². The predicted octanol–water partition coefficient (Wildman–Crippen LogP) is 3.53. The molecule has 2 aliphatic heterocycles. The molecule has 2 aliphatic rings. The van der Waals surface area contributed by atoms with Crippen molar-refractivity contribution >= 4 is 40.3 Å². The molecule has 1 aromatic carbocycles. The minimum Gasteiger partial charge on any atom is -0.342 e. The summed E-state index contributed by atoms with van der Waals surface area (Å²) in [4.78, 5) is 32.8. The number of piperidine rings is 1. The van der Waals surface area contributed by atoms with Gasteiger partial charge in [-0.2, -0.15) is 5.10 Å². The van der Waals surface area contributed by atoms with Gasteiger partial charge in [0.15, 0.2) is 10.8 Å². The Kier molecular flexibility index (Phi) is 5.06. The first-order valence-corrected chi connectivity index (χ1v) is 11.5. The molecule has 1 fully saturated rings. The molecule has 0 saturated carbocycles. The summed E-state index contributed by atoms with van der Waals surface area (Å²) < 4.78 is 3.32. The number of hydrogen-bond donors (Lipinski definition) is 0. The van der Waals surface area contributed by atoms with E-state index in [4.69, 9.17) is 16.6 Å². The molecular formula is C21H22ClN5O2S. The van der Waals surface area contributed by atoms with Crippen molar-refractivity contribution in [2.75, 3.05) is 18.8 Å². The normalized spacial score (nSPS) is 21.2. The van der Waals surface area contributed by atoms with Crippen LogP contribution >= 0.6 is 23.4 Å². The number of benzene rings is 1. The maximum Gasteiger partial charge on any atom is 0.265 e. The summed E-state index contributed by atoms with van der Waals surface area (Å²) in [5.74, 6) is 1.34. The van der Waals surface area contributed by atoms with E-state index < -0.39 is 0 Å². The van der Waals surface area contributed by atoms with E-state index in [2.05, 4.69) is 12.0 Å². The Morgan fingerprint density at radius 2 is 2.23 bits per heavy atom. The predicted molar refractivity (Wildman–Crippen MR) is 117 cm³/mol. The highest BCUT2D eigenvalue weighted by atomic mass is 35.5. The summed E-state index contributed by atoms with van der Waals surface area (Å²) in [7, 11) is 0. The van der Waals surface area contributed by atoms with Crippen molar-refractivity contribution in [3.8, 4) is 5.69 Å². The molecule has 5 rings (SSSR count). The molecule has 30 heavy (non-hydrogen) atoms. The number of likely N-dealkylation sites (tertiary alicyclic amines) is 1. The molecule has 3 aromatic rings. The second kappa shape index (κ2) is 7.74. The number of fused-ring (bicyclic) bond motifs is 2. The zero-order valence-corrected chi connectivity index (χ0v) is 18.2. The van der Waals surface area contributed by atoms with Crippen LogP contribution in [0.15, 0.2) is 40.4 Å². The molecule has 0 spiro atoms. The first-order chi connectivity index (χ1) is 14.5. The van der Waals surface area contributed by atoms with Crippen LogP contribution in [-0.4, -0.2) is 49.0 Å². The summed E-state index contributed by atoms with van der Waals surface area (Å²) in [6.07, 6.45) is 4.10. The fourth-order valence-corrected chi connectivity index (χ4v) is 5.64. The van der Waals surface area contributed by atoms with Crippen molar-refractivity contribution in [2.45, 2.75) is 37.4 Å². The van der Waals surface area contributed by atoms with Gasteiger partial charge in [0, 0.05) is 30.3 Å². The van der Waals surface area contributed by atoms with Crippen LogP contribution in [0.3, 0.4) is 0 Å². The Balaban J connectivity index is 1.47. The highest BCUT2D eigenvalue weighted by Gasteiger charge is 2.31. The second-order valence-electron chi connectivity index (χ2n) is 8.10. The van der Waals surface area contributed by atoms with Gasteiger partial charge in [-0.1, -0.05) is 36.4 Å². The Hall–Kier alpha value is -2.32. The topological polar surface area (TPSA) is 73.0 Å². The lowest BCUT2D eigenvalue weighted by Gasteiger charge is -2.31. The number of aromatic nitrogens is 4. The minimum absolute atomic E-state index is 0.126. The highest BCUT2D eigenvalue weighted by molar-refractivity contribution is 7.99. The molecule has 9 heteroatoms. The first kappa shape index (κ1) is 19.6. The SMILES string of the molecule is CC1CCCN(C(=O)CC2CSc3nc4c(cnn4-c4cccc(Cl)c4)c(=O)n32)C1. The molecule has 2 aromatic heterocycles.